The Bertz CT molecular complexity index is 1370. The van der Waals surface area contributed by atoms with Gasteiger partial charge in [-0.1, -0.05) is 54.6 Å². The number of rotatable bonds is 5. The summed E-state index contributed by atoms with van der Waals surface area (Å²) in [6.45, 7) is 0.393. The highest BCUT2D eigenvalue weighted by Gasteiger charge is 2.34. The van der Waals surface area contributed by atoms with Crippen molar-refractivity contribution in [3.8, 4) is 28.3 Å². The number of ether oxygens (including phenoxy) is 1. The van der Waals surface area contributed by atoms with Crippen LogP contribution in [0.3, 0.4) is 0 Å². The number of hydrogen-bond donors (Lipinski definition) is 1. The van der Waals surface area contributed by atoms with Gasteiger partial charge < -0.3 is 15.4 Å². The number of pyridine rings is 2. The van der Waals surface area contributed by atoms with Gasteiger partial charge >= 0.3 is 0 Å². The predicted octanol–water partition coefficient (Wildman–Crippen LogP) is 5.07. The molecule has 3 heterocycles. The standard InChI is InChI=1S/C29H26N4O2/c30-29(13-4-14-29)23-9-7-22(8-10-23)27-24(21-5-2-1-3-6-21)17-25-28(32-27)35-19-26(34)33(25)18-20-11-15-31-16-12-20/h1-3,5-12,15-17H,4,13-14,18-19,30H2. The van der Waals surface area contributed by atoms with Gasteiger partial charge in [-0.05, 0) is 54.2 Å². The third-order valence-corrected chi connectivity index (χ3v) is 7.05. The van der Waals surface area contributed by atoms with Crippen LogP contribution in [0.4, 0.5) is 5.69 Å². The highest BCUT2D eigenvalue weighted by molar-refractivity contribution is 5.99. The minimum Gasteiger partial charge on any atom is -0.466 e. The molecule has 35 heavy (non-hydrogen) atoms. The molecule has 6 nitrogen and oxygen atoms in total. The molecule has 0 spiro atoms. The van der Waals surface area contributed by atoms with E-state index in [2.05, 4.69) is 41.4 Å². The Balaban J connectivity index is 1.46. The Morgan fingerprint density at radius 3 is 2.37 bits per heavy atom. The van der Waals surface area contributed by atoms with E-state index in [1.165, 1.54) is 6.42 Å². The van der Waals surface area contributed by atoms with Crippen molar-refractivity contribution in [3.05, 3.63) is 96.3 Å². The molecule has 2 N–H and O–H groups in total. The summed E-state index contributed by atoms with van der Waals surface area (Å²) in [5.74, 6) is 0.368. The molecule has 6 rings (SSSR count). The Morgan fingerprint density at radius 1 is 0.943 bits per heavy atom. The summed E-state index contributed by atoms with van der Waals surface area (Å²) in [6.07, 6.45) is 6.68. The highest BCUT2D eigenvalue weighted by Crippen LogP contribution is 2.42. The number of nitrogens with two attached hydrogens (primary N) is 1. The molecule has 1 aliphatic carbocycles. The quantitative estimate of drug-likeness (QED) is 0.448. The van der Waals surface area contributed by atoms with Crippen LogP contribution in [0.15, 0.2) is 85.2 Å². The molecular formula is C29H26N4O2. The van der Waals surface area contributed by atoms with Crippen molar-refractivity contribution >= 4 is 11.6 Å². The van der Waals surface area contributed by atoms with E-state index >= 15 is 0 Å². The fraction of sp³-hybridized carbons (Fsp3) is 0.207. The van der Waals surface area contributed by atoms with Crippen molar-refractivity contribution in [2.45, 2.75) is 31.3 Å². The van der Waals surface area contributed by atoms with Crippen LogP contribution >= 0.6 is 0 Å². The zero-order valence-electron chi connectivity index (χ0n) is 19.4. The fourth-order valence-corrected chi connectivity index (χ4v) is 4.84. The van der Waals surface area contributed by atoms with Crippen molar-refractivity contribution in [2.75, 3.05) is 11.5 Å². The van der Waals surface area contributed by atoms with E-state index in [-0.39, 0.29) is 18.1 Å². The molecule has 4 aromatic rings. The number of amides is 1. The maximum atomic E-state index is 12.9. The fourth-order valence-electron chi connectivity index (χ4n) is 4.84. The third-order valence-electron chi connectivity index (χ3n) is 7.05. The molecule has 2 aromatic heterocycles. The first-order chi connectivity index (χ1) is 17.1. The second-order valence-electron chi connectivity index (χ2n) is 9.29. The van der Waals surface area contributed by atoms with Crippen LogP contribution in [0.25, 0.3) is 22.4 Å². The normalized spacial score (nSPS) is 16.3. The molecule has 174 valence electrons. The summed E-state index contributed by atoms with van der Waals surface area (Å²) < 4.78 is 5.83. The molecule has 0 radical (unpaired) electrons. The summed E-state index contributed by atoms with van der Waals surface area (Å²) in [5, 5.41) is 0. The lowest BCUT2D eigenvalue weighted by molar-refractivity contribution is -0.121. The van der Waals surface area contributed by atoms with Crippen LogP contribution in [0.1, 0.15) is 30.4 Å². The van der Waals surface area contributed by atoms with Gasteiger partial charge in [-0.25, -0.2) is 4.98 Å². The maximum Gasteiger partial charge on any atom is 0.265 e. The third kappa shape index (κ3) is 3.96. The minimum atomic E-state index is -0.207. The Kier molecular flexibility index (Phi) is 5.30. The zero-order chi connectivity index (χ0) is 23.8. The number of aromatic nitrogens is 2. The molecule has 1 aliphatic heterocycles. The summed E-state index contributed by atoms with van der Waals surface area (Å²) in [5.41, 5.74) is 12.9. The number of hydrogen-bond acceptors (Lipinski definition) is 5. The van der Waals surface area contributed by atoms with E-state index < -0.39 is 0 Å². The molecule has 0 unspecified atom stereocenters. The van der Waals surface area contributed by atoms with Gasteiger partial charge in [-0.2, -0.15) is 0 Å². The molecule has 1 fully saturated rings. The lowest BCUT2D eigenvalue weighted by Crippen LogP contribution is -2.43. The summed E-state index contributed by atoms with van der Waals surface area (Å²) >= 11 is 0. The van der Waals surface area contributed by atoms with Gasteiger partial charge in [-0.3, -0.25) is 9.78 Å². The topological polar surface area (TPSA) is 81.3 Å². The molecule has 1 saturated carbocycles. The van der Waals surface area contributed by atoms with Crippen LogP contribution in [0, 0.1) is 0 Å². The van der Waals surface area contributed by atoms with Crippen molar-refractivity contribution in [2.24, 2.45) is 5.73 Å². The Hall–Kier alpha value is -4.03. The Labute approximate surface area is 204 Å². The monoisotopic (exact) mass is 462 g/mol. The van der Waals surface area contributed by atoms with Gasteiger partial charge in [0.1, 0.15) is 5.69 Å². The number of nitrogens with zero attached hydrogens (tertiary/aromatic N) is 3. The smallest absolute Gasteiger partial charge is 0.265 e. The molecule has 1 amide bonds. The molecule has 0 saturated heterocycles. The predicted molar refractivity (Wildman–Crippen MR) is 136 cm³/mol. The number of carbonyl (C=O) groups is 1. The van der Waals surface area contributed by atoms with Crippen molar-refractivity contribution in [3.63, 3.8) is 0 Å². The van der Waals surface area contributed by atoms with E-state index in [0.29, 0.717) is 18.1 Å². The van der Waals surface area contributed by atoms with Crippen molar-refractivity contribution in [1.29, 1.82) is 0 Å². The highest BCUT2D eigenvalue weighted by atomic mass is 16.5. The summed E-state index contributed by atoms with van der Waals surface area (Å²) in [6, 6.07) is 24.4. The van der Waals surface area contributed by atoms with E-state index in [1.807, 2.05) is 36.4 Å². The van der Waals surface area contributed by atoms with Crippen LogP contribution in [0.2, 0.25) is 0 Å². The average molecular weight is 463 g/mol. The molecule has 0 bridgehead atoms. The van der Waals surface area contributed by atoms with Gasteiger partial charge in [0, 0.05) is 29.1 Å². The van der Waals surface area contributed by atoms with Gasteiger partial charge in [0.15, 0.2) is 6.61 Å². The number of anilines is 1. The maximum absolute atomic E-state index is 12.9. The molecule has 6 heteroatoms. The molecule has 2 aliphatic rings. The molecule has 2 aromatic carbocycles. The number of benzene rings is 2. The SMILES string of the molecule is NC1(c2ccc(-c3nc4c(cc3-c3ccccc3)N(Cc3ccncc3)C(=O)CO4)cc2)CCC1. The summed E-state index contributed by atoms with van der Waals surface area (Å²) in [4.78, 5) is 23.7. The van der Waals surface area contributed by atoms with Gasteiger partial charge in [0.2, 0.25) is 5.88 Å². The first-order valence-corrected chi connectivity index (χ1v) is 11.9. The van der Waals surface area contributed by atoms with E-state index in [1.54, 1.807) is 17.3 Å². The van der Waals surface area contributed by atoms with Crippen LogP contribution < -0.4 is 15.4 Å². The largest absolute Gasteiger partial charge is 0.466 e. The van der Waals surface area contributed by atoms with E-state index in [4.69, 9.17) is 15.5 Å². The zero-order valence-corrected chi connectivity index (χ0v) is 19.4. The lowest BCUT2D eigenvalue weighted by Gasteiger charge is -2.38. The second-order valence-corrected chi connectivity index (χ2v) is 9.29. The Morgan fingerprint density at radius 2 is 1.69 bits per heavy atom. The van der Waals surface area contributed by atoms with Crippen molar-refractivity contribution < 1.29 is 9.53 Å². The van der Waals surface area contributed by atoms with Crippen LogP contribution in [0.5, 0.6) is 5.88 Å². The minimum absolute atomic E-state index is 0.0379. The van der Waals surface area contributed by atoms with Gasteiger partial charge in [0.05, 0.1) is 12.2 Å². The van der Waals surface area contributed by atoms with Crippen molar-refractivity contribution in [1.82, 2.24) is 9.97 Å². The second kappa shape index (κ2) is 8.64. The van der Waals surface area contributed by atoms with Crippen LogP contribution in [-0.4, -0.2) is 22.5 Å². The molecule has 0 atom stereocenters. The van der Waals surface area contributed by atoms with Crippen LogP contribution in [-0.2, 0) is 16.9 Å². The van der Waals surface area contributed by atoms with E-state index in [9.17, 15) is 4.79 Å². The lowest BCUT2D eigenvalue weighted by atomic mass is 9.72. The summed E-state index contributed by atoms with van der Waals surface area (Å²) in [7, 11) is 0. The average Bonchev–Trinajstić information content (AvgIpc) is 2.89. The van der Waals surface area contributed by atoms with E-state index in [0.717, 1.165) is 46.4 Å². The van der Waals surface area contributed by atoms with Gasteiger partial charge in [-0.15, -0.1) is 0 Å². The van der Waals surface area contributed by atoms with Gasteiger partial charge in [0.25, 0.3) is 5.91 Å². The number of carbonyl (C=O) groups excluding carboxylic acids is 1. The first kappa shape index (κ1) is 21.5. The molecular weight excluding hydrogens is 436 g/mol. The number of fused-ring (bicyclic) bond motifs is 1. The first-order valence-electron chi connectivity index (χ1n) is 11.9.